The lowest BCUT2D eigenvalue weighted by atomic mass is 10.1. The van der Waals surface area contributed by atoms with Crippen LogP contribution < -0.4 is 24.3 Å². The van der Waals surface area contributed by atoms with Gasteiger partial charge in [0.1, 0.15) is 5.75 Å². The van der Waals surface area contributed by atoms with Crippen LogP contribution in [-0.2, 0) is 0 Å². The first kappa shape index (κ1) is 14.8. The second-order valence-electron chi connectivity index (χ2n) is 4.78. The molecule has 1 heterocycles. The highest BCUT2D eigenvalue weighted by atomic mass is 16.5. The molecule has 0 saturated carbocycles. The van der Waals surface area contributed by atoms with Crippen molar-refractivity contribution >= 4 is 0 Å². The van der Waals surface area contributed by atoms with Crippen molar-refractivity contribution in [3.05, 3.63) is 12.1 Å². The fraction of sp³-hybridized carbons (Fsp3) is 0.600. The molecule has 1 atom stereocenters. The van der Waals surface area contributed by atoms with E-state index in [1.807, 2.05) is 12.1 Å². The maximum atomic E-state index is 6.06. The van der Waals surface area contributed by atoms with Gasteiger partial charge in [0.05, 0.1) is 27.4 Å². The van der Waals surface area contributed by atoms with Crippen molar-refractivity contribution in [2.45, 2.75) is 25.4 Å². The summed E-state index contributed by atoms with van der Waals surface area (Å²) < 4.78 is 22.0. The summed E-state index contributed by atoms with van der Waals surface area (Å²) in [6.07, 6.45) is 3.43. The Hall–Kier alpha value is -1.62. The van der Waals surface area contributed by atoms with E-state index >= 15 is 0 Å². The van der Waals surface area contributed by atoms with Crippen molar-refractivity contribution in [1.29, 1.82) is 0 Å². The molecule has 1 saturated heterocycles. The van der Waals surface area contributed by atoms with Gasteiger partial charge in [0, 0.05) is 12.1 Å². The highest BCUT2D eigenvalue weighted by Crippen LogP contribution is 2.41. The highest BCUT2D eigenvalue weighted by Gasteiger charge is 2.17. The molecule has 1 aromatic carbocycles. The van der Waals surface area contributed by atoms with Crippen LogP contribution in [0.4, 0.5) is 0 Å². The Morgan fingerprint density at radius 1 is 0.950 bits per heavy atom. The molecule has 0 bridgehead atoms. The molecule has 1 aliphatic rings. The van der Waals surface area contributed by atoms with E-state index in [1.54, 1.807) is 21.3 Å². The Balaban J connectivity index is 2.18. The van der Waals surface area contributed by atoms with Crippen LogP contribution in [0.2, 0.25) is 0 Å². The first-order chi connectivity index (χ1) is 9.78. The summed E-state index contributed by atoms with van der Waals surface area (Å²) in [5.41, 5.74) is 0. The van der Waals surface area contributed by atoms with Crippen LogP contribution >= 0.6 is 0 Å². The summed E-state index contributed by atoms with van der Waals surface area (Å²) in [6.45, 7) is 2.06. The second kappa shape index (κ2) is 7.24. The van der Waals surface area contributed by atoms with Gasteiger partial charge in [0.25, 0.3) is 0 Å². The van der Waals surface area contributed by atoms with Crippen LogP contribution in [0.1, 0.15) is 19.3 Å². The van der Waals surface area contributed by atoms with Crippen LogP contribution in [0.3, 0.4) is 0 Å². The van der Waals surface area contributed by atoms with Crippen LogP contribution in [-0.4, -0.2) is 40.5 Å². The smallest absolute Gasteiger partial charge is 0.203 e. The SMILES string of the molecule is COc1cc(OC2CCCNCC2)cc(OC)c1OC. The Labute approximate surface area is 120 Å². The molecule has 112 valence electrons. The van der Waals surface area contributed by atoms with E-state index in [9.17, 15) is 0 Å². The number of hydrogen-bond donors (Lipinski definition) is 1. The number of hydrogen-bond acceptors (Lipinski definition) is 5. The molecule has 5 nitrogen and oxygen atoms in total. The topological polar surface area (TPSA) is 49.0 Å². The van der Waals surface area contributed by atoms with Crippen LogP contribution in [0.25, 0.3) is 0 Å². The van der Waals surface area contributed by atoms with E-state index in [0.717, 1.165) is 38.1 Å². The van der Waals surface area contributed by atoms with Gasteiger partial charge in [-0.25, -0.2) is 0 Å². The van der Waals surface area contributed by atoms with Gasteiger partial charge >= 0.3 is 0 Å². The van der Waals surface area contributed by atoms with Gasteiger partial charge in [0.2, 0.25) is 5.75 Å². The minimum absolute atomic E-state index is 0.229. The molecule has 1 aromatic rings. The molecular weight excluding hydrogens is 258 g/mol. The van der Waals surface area contributed by atoms with Gasteiger partial charge in [-0.15, -0.1) is 0 Å². The second-order valence-corrected chi connectivity index (χ2v) is 4.78. The Morgan fingerprint density at radius 3 is 2.25 bits per heavy atom. The lowest BCUT2D eigenvalue weighted by Crippen LogP contribution is -2.19. The maximum absolute atomic E-state index is 6.06. The minimum atomic E-state index is 0.229. The van der Waals surface area contributed by atoms with Crippen molar-refractivity contribution < 1.29 is 18.9 Å². The normalized spacial score (nSPS) is 19.1. The molecule has 0 amide bonds. The summed E-state index contributed by atoms with van der Waals surface area (Å²) in [5, 5.41) is 3.38. The van der Waals surface area contributed by atoms with Gasteiger partial charge in [-0.05, 0) is 32.4 Å². The fourth-order valence-electron chi connectivity index (χ4n) is 2.42. The number of rotatable bonds is 5. The monoisotopic (exact) mass is 281 g/mol. The zero-order valence-electron chi connectivity index (χ0n) is 12.4. The molecule has 0 aromatic heterocycles. The zero-order valence-corrected chi connectivity index (χ0v) is 12.4. The standard InChI is InChI=1S/C15H23NO4/c1-17-13-9-12(10-14(18-2)15(13)19-3)20-11-5-4-7-16-8-6-11/h9-11,16H,4-8H2,1-3H3. The maximum Gasteiger partial charge on any atom is 0.203 e. The number of benzene rings is 1. The van der Waals surface area contributed by atoms with E-state index < -0.39 is 0 Å². The van der Waals surface area contributed by atoms with Crippen LogP contribution in [0, 0.1) is 0 Å². The van der Waals surface area contributed by atoms with E-state index in [-0.39, 0.29) is 6.10 Å². The highest BCUT2D eigenvalue weighted by molar-refractivity contribution is 5.55. The van der Waals surface area contributed by atoms with Gasteiger partial charge in [0.15, 0.2) is 11.5 Å². The first-order valence-electron chi connectivity index (χ1n) is 6.96. The number of methoxy groups -OCH3 is 3. The zero-order chi connectivity index (χ0) is 14.4. The van der Waals surface area contributed by atoms with E-state index in [0.29, 0.717) is 17.2 Å². The molecule has 0 spiro atoms. The summed E-state index contributed by atoms with van der Waals surface area (Å²) in [7, 11) is 4.81. The van der Waals surface area contributed by atoms with E-state index in [4.69, 9.17) is 18.9 Å². The Morgan fingerprint density at radius 2 is 1.65 bits per heavy atom. The minimum Gasteiger partial charge on any atom is -0.493 e. The van der Waals surface area contributed by atoms with Crippen LogP contribution in [0.5, 0.6) is 23.0 Å². The summed E-state index contributed by atoms with van der Waals surface area (Å²) in [5.74, 6) is 2.58. The molecule has 0 aliphatic carbocycles. The lowest BCUT2D eigenvalue weighted by Gasteiger charge is -2.19. The summed E-state index contributed by atoms with van der Waals surface area (Å²) in [4.78, 5) is 0. The first-order valence-corrected chi connectivity index (χ1v) is 6.96. The van der Waals surface area contributed by atoms with Gasteiger partial charge in [-0.2, -0.15) is 0 Å². The molecular formula is C15H23NO4. The predicted molar refractivity (Wildman–Crippen MR) is 77.2 cm³/mol. The third kappa shape index (κ3) is 3.48. The van der Waals surface area contributed by atoms with Crippen molar-refractivity contribution in [2.75, 3.05) is 34.4 Å². The summed E-state index contributed by atoms with van der Waals surface area (Å²) >= 11 is 0. The number of ether oxygens (including phenoxy) is 4. The Bertz CT molecular complexity index is 403. The third-order valence-electron chi connectivity index (χ3n) is 3.46. The fourth-order valence-corrected chi connectivity index (χ4v) is 2.42. The van der Waals surface area contributed by atoms with Gasteiger partial charge in [-0.3, -0.25) is 0 Å². The van der Waals surface area contributed by atoms with E-state index in [2.05, 4.69) is 5.32 Å². The lowest BCUT2D eigenvalue weighted by molar-refractivity contribution is 0.185. The molecule has 1 aliphatic heterocycles. The predicted octanol–water partition coefficient (Wildman–Crippen LogP) is 2.23. The van der Waals surface area contributed by atoms with Crippen molar-refractivity contribution in [1.82, 2.24) is 5.32 Å². The van der Waals surface area contributed by atoms with E-state index in [1.165, 1.54) is 0 Å². The quantitative estimate of drug-likeness (QED) is 0.897. The average molecular weight is 281 g/mol. The van der Waals surface area contributed by atoms with Crippen molar-refractivity contribution in [2.24, 2.45) is 0 Å². The average Bonchev–Trinajstić information content (AvgIpc) is 2.74. The molecule has 5 heteroatoms. The molecule has 20 heavy (non-hydrogen) atoms. The van der Waals surface area contributed by atoms with Crippen molar-refractivity contribution in [3.8, 4) is 23.0 Å². The number of nitrogens with one attached hydrogen (secondary N) is 1. The summed E-state index contributed by atoms with van der Waals surface area (Å²) in [6, 6.07) is 3.69. The molecule has 1 N–H and O–H groups in total. The van der Waals surface area contributed by atoms with Gasteiger partial charge in [-0.1, -0.05) is 0 Å². The molecule has 1 unspecified atom stereocenters. The third-order valence-corrected chi connectivity index (χ3v) is 3.46. The molecule has 1 fully saturated rings. The van der Waals surface area contributed by atoms with Crippen LogP contribution in [0.15, 0.2) is 12.1 Å². The van der Waals surface area contributed by atoms with Gasteiger partial charge < -0.3 is 24.3 Å². The largest absolute Gasteiger partial charge is 0.493 e. The Kier molecular flexibility index (Phi) is 5.35. The molecule has 2 rings (SSSR count). The van der Waals surface area contributed by atoms with Crippen molar-refractivity contribution in [3.63, 3.8) is 0 Å². The molecule has 0 radical (unpaired) electrons.